The van der Waals surface area contributed by atoms with Gasteiger partial charge in [0.05, 0.1) is 12.4 Å². The van der Waals surface area contributed by atoms with E-state index in [9.17, 15) is 13.2 Å². The predicted molar refractivity (Wildman–Crippen MR) is 95.7 cm³/mol. The highest BCUT2D eigenvalue weighted by molar-refractivity contribution is 7.88. The predicted octanol–water partition coefficient (Wildman–Crippen LogP) is 2.60. The third kappa shape index (κ3) is 3.98. The molecule has 1 N–H and O–H groups in total. The molecule has 1 aliphatic carbocycles. The summed E-state index contributed by atoms with van der Waals surface area (Å²) in [5.74, 6) is 0.223. The van der Waals surface area contributed by atoms with Crippen LogP contribution in [0.4, 0.5) is 4.79 Å². The van der Waals surface area contributed by atoms with E-state index in [1.54, 1.807) is 4.90 Å². The fourth-order valence-electron chi connectivity index (χ4n) is 3.94. The molecule has 1 amide bonds. The van der Waals surface area contributed by atoms with Crippen molar-refractivity contribution in [3.63, 3.8) is 0 Å². The molecule has 2 aliphatic rings. The van der Waals surface area contributed by atoms with E-state index in [1.165, 1.54) is 11.1 Å². The Morgan fingerprint density at radius 1 is 1.24 bits per heavy atom. The van der Waals surface area contributed by atoms with Crippen molar-refractivity contribution < 1.29 is 17.9 Å². The van der Waals surface area contributed by atoms with Gasteiger partial charge in [-0.25, -0.2) is 13.2 Å². The van der Waals surface area contributed by atoms with E-state index in [1.807, 2.05) is 32.9 Å². The first kappa shape index (κ1) is 18.2. The monoisotopic (exact) mass is 366 g/mol. The van der Waals surface area contributed by atoms with Crippen molar-refractivity contribution in [2.45, 2.75) is 63.8 Å². The van der Waals surface area contributed by atoms with Crippen LogP contribution in [-0.4, -0.2) is 43.5 Å². The number of carbonyl (C=O) groups excluding carboxylic acids is 1. The summed E-state index contributed by atoms with van der Waals surface area (Å²) in [6.45, 7) is 5.44. The van der Waals surface area contributed by atoms with Gasteiger partial charge in [0.15, 0.2) is 0 Å². The standard InChI is InChI=1S/C18H26N2O4S/c1-18(2,3)24-17(21)20-15-11-12-7-5-6-8-13(12)14(15)9-10-16(20)19-25(4,22)23/h5-8,14-16,19H,9-11H2,1-4H3. The number of sulfonamides is 1. The lowest BCUT2D eigenvalue weighted by atomic mass is 9.87. The third-order valence-corrected chi connectivity index (χ3v) is 5.45. The van der Waals surface area contributed by atoms with Crippen molar-refractivity contribution in [1.29, 1.82) is 0 Å². The highest BCUT2D eigenvalue weighted by Gasteiger charge is 2.46. The molecule has 6 nitrogen and oxygen atoms in total. The summed E-state index contributed by atoms with van der Waals surface area (Å²) >= 11 is 0. The fraction of sp³-hybridized carbons (Fsp3) is 0.611. The van der Waals surface area contributed by atoms with E-state index in [-0.39, 0.29) is 12.0 Å². The van der Waals surface area contributed by atoms with Gasteiger partial charge in [0, 0.05) is 12.0 Å². The molecule has 3 unspecified atom stereocenters. The molecule has 7 heteroatoms. The van der Waals surface area contributed by atoms with Crippen LogP contribution in [0.1, 0.15) is 50.7 Å². The van der Waals surface area contributed by atoms with Crippen molar-refractivity contribution >= 4 is 16.1 Å². The normalized spacial score (nSPS) is 26.1. The lowest BCUT2D eigenvalue weighted by Crippen LogP contribution is -2.59. The molecule has 1 saturated heterocycles. The number of benzene rings is 1. The number of piperidine rings is 1. The van der Waals surface area contributed by atoms with Crippen LogP contribution in [0.3, 0.4) is 0 Å². The van der Waals surface area contributed by atoms with Gasteiger partial charge in [0.25, 0.3) is 0 Å². The Morgan fingerprint density at radius 2 is 1.92 bits per heavy atom. The minimum absolute atomic E-state index is 0.0831. The molecule has 0 aromatic heterocycles. The summed E-state index contributed by atoms with van der Waals surface area (Å²) in [4.78, 5) is 14.5. The van der Waals surface area contributed by atoms with Gasteiger partial charge in [-0.3, -0.25) is 4.90 Å². The topological polar surface area (TPSA) is 75.7 Å². The molecule has 1 heterocycles. The lowest BCUT2D eigenvalue weighted by Gasteiger charge is -2.44. The van der Waals surface area contributed by atoms with Crippen molar-refractivity contribution in [2.75, 3.05) is 6.26 Å². The van der Waals surface area contributed by atoms with Crippen LogP contribution in [0.5, 0.6) is 0 Å². The van der Waals surface area contributed by atoms with Gasteiger partial charge in [-0.1, -0.05) is 24.3 Å². The second kappa shape index (κ2) is 6.29. The maximum atomic E-state index is 12.9. The number of rotatable bonds is 2. The van der Waals surface area contributed by atoms with E-state index in [0.29, 0.717) is 6.42 Å². The molecule has 1 aromatic rings. The Morgan fingerprint density at radius 3 is 2.56 bits per heavy atom. The van der Waals surface area contributed by atoms with Gasteiger partial charge < -0.3 is 4.74 Å². The number of nitrogens with zero attached hydrogens (tertiary/aromatic N) is 1. The molecule has 3 rings (SSSR count). The second-order valence-corrected chi connectivity index (χ2v) is 9.73. The summed E-state index contributed by atoms with van der Waals surface area (Å²) in [7, 11) is -3.43. The van der Waals surface area contributed by atoms with Crippen LogP contribution in [-0.2, 0) is 21.2 Å². The molecular formula is C18H26N2O4S. The summed E-state index contributed by atoms with van der Waals surface area (Å²) in [5.41, 5.74) is 1.86. The van der Waals surface area contributed by atoms with E-state index < -0.39 is 27.9 Å². The molecule has 1 fully saturated rings. The Kier molecular flexibility index (Phi) is 4.58. The van der Waals surface area contributed by atoms with Crippen molar-refractivity contribution in [1.82, 2.24) is 9.62 Å². The number of hydrogen-bond acceptors (Lipinski definition) is 4. The average molecular weight is 366 g/mol. The van der Waals surface area contributed by atoms with Crippen LogP contribution in [0.2, 0.25) is 0 Å². The number of likely N-dealkylation sites (tertiary alicyclic amines) is 1. The highest BCUT2D eigenvalue weighted by atomic mass is 32.2. The van der Waals surface area contributed by atoms with E-state index in [4.69, 9.17) is 4.74 Å². The van der Waals surface area contributed by atoms with E-state index >= 15 is 0 Å². The Balaban J connectivity index is 1.93. The molecular weight excluding hydrogens is 340 g/mol. The average Bonchev–Trinajstić information content (AvgIpc) is 2.81. The minimum atomic E-state index is -3.43. The molecule has 0 bridgehead atoms. The van der Waals surface area contributed by atoms with Crippen LogP contribution >= 0.6 is 0 Å². The number of fused-ring (bicyclic) bond motifs is 3. The zero-order valence-corrected chi connectivity index (χ0v) is 16.0. The molecule has 1 aromatic carbocycles. The maximum absolute atomic E-state index is 12.9. The highest BCUT2D eigenvalue weighted by Crippen LogP contribution is 2.44. The van der Waals surface area contributed by atoms with Gasteiger partial charge in [0.1, 0.15) is 5.60 Å². The number of ether oxygens (including phenoxy) is 1. The van der Waals surface area contributed by atoms with Crippen LogP contribution < -0.4 is 4.72 Å². The van der Waals surface area contributed by atoms with E-state index in [2.05, 4.69) is 16.9 Å². The Labute approximate surface area is 149 Å². The number of hydrogen-bond donors (Lipinski definition) is 1. The largest absolute Gasteiger partial charge is 0.444 e. The van der Waals surface area contributed by atoms with Crippen LogP contribution in [0.15, 0.2) is 24.3 Å². The summed E-state index contributed by atoms with van der Waals surface area (Å²) in [6.07, 6.45) is 2.23. The zero-order chi connectivity index (χ0) is 18.4. The van der Waals surface area contributed by atoms with Crippen LogP contribution in [0, 0.1) is 0 Å². The minimum Gasteiger partial charge on any atom is -0.444 e. The first-order chi connectivity index (χ1) is 11.6. The Hall–Kier alpha value is -1.60. The first-order valence-corrected chi connectivity index (χ1v) is 10.5. The maximum Gasteiger partial charge on any atom is 0.411 e. The summed E-state index contributed by atoms with van der Waals surface area (Å²) < 4.78 is 31.7. The van der Waals surface area contributed by atoms with Gasteiger partial charge in [-0.15, -0.1) is 0 Å². The van der Waals surface area contributed by atoms with E-state index in [0.717, 1.165) is 19.1 Å². The molecule has 3 atom stereocenters. The summed E-state index contributed by atoms with van der Waals surface area (Å²) in [5, 5.41) is 0. The SMILES string of the molecule is CC(C)(C)OC(=O)N1C(NS(C)(=O)=O)CCC2c3ccccc3CC21. The smallest absolute Gasteiger partial charge is 0.411 e. The van der Waals surface area contributed by atoms with Crippen molar-refractivity contribution in [3.05, 3.63) is 35.4 Å². The van der Waals surface area contributed by atoms with Crippen LogP contribution in [0.25, 0.3) is 0 Å². The zero-order valence-electron chi connectivity index (χ0n) is 15.2. The van der Waals surface area contributed by atoms with Gasteiger partial charge >= 0.3 is 6.09 Å². The lowest BCUT2D eigenvalue weighted by molar-refractivity contribution is -0.00934. The summed E-state index contributed by atoms with van der Waals surface area (Å²) in [6, 6.07) is 8.12. The molecule has 0 radical (unpaired) electrons. The number of amides is 1. The molecule has 0 saturated carbocycles. The van der Waals surface area contributed by atoms with Crippen molar-refractivity contribution in [2.24, 2.45) is 0 Å². The second-order valence-electron chi connectivity index (χ2n) is 7.95. The third-order valence-electron chi connectivity index (χ3n) is 4.75. The van der Waals surface area contributed by atoms with Gasteiger partial charge in [-0.05, 0) is 51.2 Å². The molecule has 25 heavy (non-hydrogen) atoms. The quantitative estimate of drug-likeness (QED) is 0.873. The Bertz CT molecular complexity index is 770. The van der Waals surface area contributed by atoms with Gasteiger partial charge in [-0.2, -0.15) is 4.72 Å². The molecule has 1 aliphatic heterocycles. The van der Waals surface area contributed by atoms with Crippen molar-refractivity contribution in [3.8, 4) is 0 Å². The first-order valence-electron chi connectivity index (χ1n) is 8.61. The molecule has 138 valence electrons. The fourth-order valence-corrected chi connectivity index (χ4v) is 4.67. The van der Waals surface area contributed by atoms with Gasteiger partial charge in [0.2, 0.25) is 10.0 Å². The number of carbonyl (C=O) groups is 1. The molecule has 0 spiro atoms. The number of nitrogens with one attached hydrogen (secondary N) is 1.